The van der Waals surface area contributed by atoms with E-state index < -0.39 is 0 Å². The van der Waals surface area contributed by atoms with Crippen molar-refractivity contribution in [1.82, 2.24) is 29.9 Å². The van der Waals surface area contributed by atoms with Crippen LogP contribution in [0.2, 0.25) is 0 Å². The normalized spacial score (nSPS) is 14.0. The minimum Gasteiger partial charge on any atom is -0.408 e. The number of aryl methyl sites for hydroxylation is 1. The van der Waals surface area contributed by atoms with Crippen LogP contribution in [0.3, 0.4) is 0 Å². The van der Waals surface area contributed by atoms with Crippen LogP contribution in [0.15, 0.2) is 52.9 Å². The highest BCUT2D eigenvalue weighted by atomic mass is 19.1. The second-order valence-corrected chi connectivity index (χ2v) is 7.90. The number of benzene rings is 2. The maximum Gasteiger partial charge on any atom is 0.318 e. The third-order valence-corrected chi connectivity index (χ3v) is 5.58. The van der Waals surface area contributed by atoms with Crippen LogP contribution in [0.1, 0.15) is 5.89 Å². The average molecular weight is 465 g/mol. The predicted octanol–water partition coefficient (Wildman–Crippen LogP) is 2.93. The Morgan fingerprint density at radius 2 is 1.53 bits per heavy atom. The molecule has 0 radical (unpaired) electrons. The van der Waals surface area contributed by atoms with Crippen molar-refractivity contribution in [2.75, 3.05) is 31.1 Å². The fraction of sp³-hybridized carbons (Fsp3) is 0.261. The highest BCUT2D eigenvalue weighted by molar-refractivity contribution is 5.77. The number of carbonyl (C=O) groups excluding carboxylic acids is 1. The van der Waals surface area contributed by atoms with Crippen LogP contribution < -0.4 is 4.90 Å². The summed E-state index contributed by atoms with van der Waals surface area (Å²) in [5.74, 6) is 0.396. The van der Waals surface area contributed by atoms with E-state index in [2.05, 4.69) is 20.3 Å². The highest BCUT2D eigenvalue weighted by Crippen LogP contribution is 2.24. The number of rotatable bonds is 5. The molecule has 0 saturated carbocycles. The zero-order valence-electron chi connectivity index (χ0n) is 18.4. The molecule has 34 heavy (non-hydrogen) atoms. The fourth-order valence-corrected chi connectivity index (χ4v) is 3.78. The number of hydrogen-bond donors (Lipinski definition) is 0. The van der Waals surface area contributed by atoms with E-state index in [1.165, 1.54) is 28.9 Å². The van der Waals surface area contributed by atoms with Gasteiger partial charge in [0.15, 0.2) is 11.6 Å². The van der Waals surface area contributed by atoms with Crippen molar-refractivity contribution in [2.24, 2.45) is 0 Å². The van der Waals surface area contributed by atoms with Gasteiger partial charge in [0.1, 0.15) is 18.2 Å². The molecule has 1 amide bonds. The van der Waals surface area contributed by atoms with Crippen LogP contribution in [0, 0.1) is 18.6 Å². The van der Waals surface area contributed by atoms with Gasteiger partial charge in [-0.05, 0) is 48.5 Å². The molecule has 9 nitrogen and oxygen atoms in total. The first-order valence-electron chi connectivity index (χ1n) is 10.8. The number of hydrogen-bond acceptors (Lipinski definition) is 7. The van der Waals surface area contributed by atoms with E-state index in [9.17, 15) is 13.6 Å². The van der Waals surface area contributed by atoms with Crippen molar-refractivity contribution in [3.05, 3.63) is 66.1 Å². The summed E-state index contributed by atoms with van der Waals surface area (Å²) in [5, 5.41) is 12.4. The van der Waals surface area contributed by atoms with E-state index in [4.69, 9.17) is 4.42 Å². The van der Waals surface area contributed by atoms with Crippen LogP contribution in [-0.4, -0.2) is 61.9 Å². The Morgan fingerprint density at radius 1 is 0.912 bits per heavy atom. The molecule has 0 N–H and O–H groups in total. The summed E-state index contributed by atoms with van der Waals surface area (Å²) in [5.41, 5.74) is 1.23. The predicted molar refractivity (Wildman–Crippen MR) is 119 cm³/mol. The fourth-order valence-electron chi connectivity index (χ4n) is 3.78. The van der Waals surface area contributed by atoms with Gasteiger partial charge in [-0.3, -0.25) is 4.79 Å². The molecule has 4 aromatic rings. The van der Waals surface area contributed by atoms with Gasteiger partial charge in [-0.25, -0.2) is 18.4 Å². The SMILES string of the molecule is Cc1nnc(N2CCN(C(=O)Cn3nc(-c4ccc(F)cc4)nc3-c3ccc(F)cc3)CC2)o1. The van der Waals surface area contributed by atoms with Gasteiger partial charge in [0.2, 0.25) is 11.8 Å². The molecule has 1 aliphatic heterocycles. The molecule has 0 bridgehead atoms. The molecule has 1 saturated heterocycles. The molecular formula is C23H21F2N7O2. The Labute approximate surface area is 193 Å². The Hall–Kier alpha value is -4.15. The lowest BCUT2D eigenvalue weighted by Crippen LogP contribution is -2.49. The minimum atomic E-state index is -0.376. The topological polar surface area (TPSA) is 93.2 Å². The van der Waals surface area contributed by atoms with Gasteiger partial charge in [0.05, 0.1) is 0 Å². The van der Waals surface area contributed by atoms with Crippen LogP contribution in [0.4, 0.5) is 14.8 Å². The van der Waals surface area contributed by atoms with E-state index in [0.717, 1.165) is 0 Å². The smallest absolute Gasteiger partial charge is 0.318 e. The van der Waals surface area contributed by atoms with E-state index in [1.54, 1.807) is 36.1 Å². The first kappa shape index (κ1) is 21.7. The van der Waals surface area contributed by atoms with E-state index >= 15 is 0 Å². The van der Waals surface area contributed by atoms with Crippen molar-refractivity contribution >= 4 is 11.9 Å². The molecule has 1 fully saturated rings. The van der Waals surface area contributed by atoms with Crippen molar-refractivity contribution < 1.29 is 18.0 Å². The standard InChI is InChI=1S/C23H21F2N7O2/c1-15-27-28-23(34-15)31-12-10-30(11-13-31)20(33)14-32-22(17-4-8-19(25)9-5-17)26-21(29-32)16-2-6-18(24)7-3-16/h2-9H,10-14H2,1H3. The van der Waals surface area contributed by atoms with Gasteiger partial charge in [-0.1, -0.05) is 5.10 Å². The summed E-state index contributed by atoms with van der Waals surface area (Å²) in [6.45, 7) is 3.80. The average Bonchev–Trinajstić information content (AvgIpc) is 3.47. The van der Waals surface area contributed by atoms with Crippen molar-refractivity contribution in [1.29, 1.82) is 0 Å². The summed E-state index contributed by atoms with van der Waals surface area (Å²) < 4.78 is 33.8. The van der Waals surface area contributed by atoms with Crippen molar-refractivity contribution in [2.45, 2.75) is 13.5 Å². The van der Waals surface area contributed by atoms with E-state index in [1.807, 2.05) is 4.90 Å². The first-order chi connectivity index (χ1) is 16.5. The van der Waals surface area contributed by atoms with Crippen molar-refractivity contribution in [3.63, 3.8) is 0 Å². The molecule has 2 aromatic heterocycles. The van der Waals surface area contributed by atoms with Gasteiger partial charge >= 0.3 is 6.01 Å². The molecule has 174 valence electrons. The molecule has 0 spiro atoms. The van der Waals surface area contributed by atoms with Gasteiger partial charge in [-0.15, -0.1) is 10.2 Å². The van der Waals surface area contributed by atoms with Crippen LogP contribution >= 0.6 is 0 Å². The third-order valence-electron chi connectivity index (χ3n) is 5.58. The second-order valence-electron chi connectivity index (χ2n) is 7.90. The van der Waals surface area contributed by atoms with Gasteiger partial charge in [0.25, 0.3) is 0 Å². The second kappa shape index (κ2) is 9.00. The Morgan fingerprint density at radius 3 is 2.12 bits per heavy atom. The summed E-state index contributed by atoms with van der Waals surface area (Å²) in [6.07, 6.45) is 0. The number of anilines is 1. The highest BCUT2D eigenvalue weighted by Gasteiger charge is 2.25. The quantitative estimate of drug-likeness (QED) is 0.447. The molecule has 5 rings (SSSR count). The zero-order chi connectivity index (χ0) is 23.7. The van der Waals surface area contributed by atoms with Crippen molar-refractivity contribution in [3.8, 4) is 22.8 Å². The zero-order valence-corrected chi connectivity index (χ0v) is 18.4. The molecule has 3 heterocycles. The monoisotopic (exact) mass is 465 g/mol. The Balaban J connectivity index is 1.36. The lowest BCUT2D eigenvalue weighted by molar-refractivity contribution is -0.132. The van der Waals surface area contributed by atoms with Crippen LogP contribution in [0.25, 0.3) is 22.8 Å². The molecule has 11 heteroatoms. The van der Waals surface area contributed by atoms with E-state index in [0.29, 0.717) is 60.9 Å². The summed E-state index contributed by atoms with van der Waals surface area (Å²) in [6, 6.07) is 12.1. The van der Waals surface area contributed by atoms with Crippen LogP contribution in [0.5, 0.6) is 0 Å². The number of aromatic nitrogens is 5. The molecular weight excluding hydrogens is 444 g/mol. The summed E-state index contributed by atoms with van der Waals surface area (Å²) >= 11 is 0. The number of amides is 1. The number of halogens is 2. The summed E-state index contributed by atoms with van der Waals surface area (Å²) in [7, 11) is 0. The van der Waals surface area contributed by atoms with Gasteiger partial charge < -0.3 is 14.2 Å². The Bertz CT molecular complexity index is 1290. The van der Waals surface area contributed by atoms with Crippen LogP contribution in [-0.2, 0) is 11.3 Å². The molecule has 0 aliphatic carbocycles. The summed E-state index contributed by atoms with van der Waals surface area (Å²) in [4.78, 5) is 21.3. The molecule has 0 atom stereocenters. The maximum atomic E-state index is 13.5. The number of nitrogens with zero attached hydrogens (tertiary/aromatic N) is 7. The number of carbonyl (C=O) groups is 1. The Kier molecular flexibility index (Phi) is 5.74. The largest absolute Gasteiger partial charge is 0.408 e. The van der Waals surface area contributed by atoms with E-state index in [-0.39, 0.29) is 24.1 Å². The van der Waals surface area contributed by atoms with Gasteiger partial charge in [0, 0.05) is 44.2 Å². The minimum absolute atomic E-state index is 0.0411. The lowest BCUT2D eigenvalue weighted by atomic mass is 10.2. The molecule has 0 unspecified atom stereocenters. The maximum absolute atomic E-state index is 13.5. The third kappa shape index (κ3) is 4.49. The molecule has 2 aromatic carbocycles. The number of piperazine rings is 1. The molecule has 1 aliphatic rings. The lowest BCUT2D eigenvalue weighted by Gasteiger charge is -2.33. The first-order valence-corrected chi connectivity index (χ1v) is 10.8. The van der Waals surface area contributed by atoms with Gasteiger partial charge in [-0.2, -0.15) is 0 Å².